The van der Waals surface area contributed by atoms with E-state index in [1.54, 1.807) is 6.07 Å². The fourth-order valence-corrected chi connectivity index (χ4v) is 1.51. The maximum atomic E-state index is 13.6. The van der Waals surface area contributed by atoms with E-state index in [2.05, 4.69) is 0 Å². The molecule has 0 aliphatic rings. The average Bonchev–Trinajstić information content (AvgIpc) is 2.27. The number of nitriles is 1. The van der Waals surface area contributed by atoms with Gasteiger partial charge in [0.25, 0.3) is 6.43 Å². The van der Waals surface area contributed by atoms with Crippen LogP contribution in [0.1, 0.15) is 5.56 Å². The molecule has 1 aromatic rings. The molecule has 0 atom stereocenters. The minimum absolute atomic E-state index is 0.241. The van der Waals surface area contributed by atoms with E-state index in [1.807, 2.05) is 0 Å². The van der Waals surface area contributed by atoms with Gasteiger partial charge in [-0.3, -0.25) is 0 Å². The Bertz CT molecular complexity index is 436. The molecule has 0 saturated carbocycles. The van der Waals surface area contributed by atoms with E-state index in [4.69, 9.17) is 10.4 Å². The smallest absolute Gasteiger partial charge is 0.255 e. The number of halogens is 4. The zero-order valence-corrected chi connectivity index (χ0v) is 9.21. The van der Waals surface area contributed by atoms with Crippen LogP contribution < -0.4 is 4.90 Å². The van der Waals surface area contributed by atoms with Crippen molar-refractivity contribution in [3.8, 4) is 6.07 Å². The molecule has 3 nitrogen and oxygen atoms in total. The van der Waals surface area contributed by atoms with Gasteiger partial charge in [-0.25, -0.2) is 17.6 Å². The van der Waals surface area contributed by atoms with Crippen LogP contribution in [0.5, 0.6) is 0 Å². The largest absolute Gasteiger partial charge is 0.395 e. The van der Waals surface area contributed by atoms with Gasteiger partial charge in [0.2, 0.25) is 0 Å². The number of alkyl halides is 2. The van der Waals surface area contributed by atoms with Crippen LogP contribution in [-0.4, -0.2) is 31.2 Å². The van der Waals surface area contributed by atoms with Crippen LogP contribution in [-0.2, 0) is 0 Å². The number of benzene rings is 1. The van der Waals surface area contributed by atoms with Crippen LogP contribution in [0.2, 0.25) is 0 Å². The second-order valence-corrected chi connectivity index (χ2v) is 3.46. The minimum Gasteiger partial charge on any atom is -0.395 e. The lowest BCUT2D eigenvalue weighted by Gasteiger charge is -2.24. The fourth-order valence-electron chi connectivity index (χ4n) is 1.51. The van der Waals surface area contributed by atoms with E-state index in [1.165, 1.54) is 0 Å². The summed E-state index contributed by atoms with van der Waals surface area (Å²) in [6.45, 7) is -1.75. The summed E-state index contributed by atoms with van der Waals surface area (Å²) >= 11 is 0. The first kappa shape index (κ1) is 14.3. The summed E-state index contributed by atoms with van der Waals surface area (Å²) < 4.78 is 51.7. The number of hydrogen-bond acceptors (Lipinski definition) is 3. The van der Waals surface area contributed by atoms with Crippen LogP contribution in [0, 0.1) is 23.0 Å². The molecular formula is C11H10F4N2O. The summed E-state index contributed by atoms with van der Waals surface area (Å²) in [4.78, 5) is 0.705. The number of nitrogens with zero attached hydrogens (tertiary/aromatic N) is 2. The van der Waals surface area contributed by atoms with Crippen molar-refractivity contribution in [1.82, 2.24) is 0 Å². The average molecular weight is 262 g/mol. The highest BCUT2D eigenvalue weighted by Crippen LogP contribution is 2.25. The lowest BCUT2D eigenvalue weighted by atomic mass is 10.2. The maximum Gasteiger partial charge on any atom is 0.255 e. The molecule has 0 heterocycles. The normalized spacial score (nSPS) is 10.5. The quantitative estimate of drug-likeness (QED) is 0.824. The van der Waals surface area contributed by atoms with E-state index in [0.29, 0.717) is 4.90 Å². The molecule has 1 rings (SSSR count). The summed E-state index contributed by atoms with van der Waals surface area (Å²) in [7, 11) is 0. The highest BCUT2D eigenvalue weighted by Gasteiger charge is 2.20. The van der Waals surface area contributed by atoms with E-state index in [0.717, 1.165) is 12.1 Å². The number of aliphatic hydroxyl groups excluding tert-OH is 1. The summed E-state index contributed by atoms with van der Waals surface area (Å²) in [5.41, 5.74) is -0.905. The topological polar surface area (TPSA) is 47.3 Å². The Kier molecular flexibility index (Phi) is 4.92. The highest BCUT2D eigenvalue weighted by molar-refractivity contribution is 5.52. The molecule has 0 aliphatic carbocycles. The van der Waals surface area contributed by atoms with Gasteiger partial charge in [0.15, 0.2) is 11.6 Å². The van der Waals surface area contributed by atoms with Crippen molar-refractivity contribution in [3.63, 3.8) is 0 Å². The van der Waals surface area contributed by atoms with Gasteiger partial charge in [0.05, 0.1) is 24.8 Å². The Morgan fingerprint density at radius 1 is 1.28 bits per heavy atom. The van der Waals surface area contributed by atoms with Crippen LogP contribution in [0.25, 0.3) is 0 Å². The first-order valence-corrected chi connectivity index (χ1v) is 5.02. The van der Waals surface area contributed by atoms with Gasteiger partial charge in [-0.05, 0) is 12.1 Å². The Hall–Kier alpha value is -1.81. The first-order valence-electron chi connectivity index (χ1n) is 5.02. The van der Waals surface area contributed by atoms with Crippen molar-refractivity contribution in [1.29, 1.82) is 5.26 Å². The van der Waals surface area contributed by atoms with E-state index in [-0.39, 0.29) is 12.1 Å². The van der Waals surface area contributed by atoms with Crippen molar-refractivity contribution in [2.24, 2.45) is 0 Å². The van der Waals surface area contributed by atoms with Crippen LogP contribution in [0.4, 0.5) is 23.2 Å². The van der Waals surface area contributed by atoms with Gasteiger partial charge in [-0.2, -0.15) is 5.26 Å². The molecule has 0 saturated heterocycles. The van der Waals surface area contributed by atoms with E-state index in [9.17, 15) is 17.6 Å². The molecule has 0 bridgehead atoms. The van der Waals surface area contributed by atoms with Crippen LogP contribution in [0.15, 0.2) is 12.1 Å². The van der Waals surface area contributed by atoms with Crippen molar-refractivity contribution < 1.29 is 22.7 Å². The second-order valence-electron chi connectivity index (χ2n) is 3.46. The highest BCUT2D eigenvalue weighted by atomic mass is 19.3. The van der Waals surface area contributed by atoms with Gasteiger partial charge in [0.1, 0.15) is 5.69 Å². The van der Waals surface area contributed by atoms with Crippen molar-refractivity contribution in [2.75, 3.05) is 24.6 Å². The molecule has 0 unspecified atom stereocenters. The van der Waals surface area contributed by atoms with Crippen LogP contribution in [0.3, 0.4) is 0 Å². The molecule has 1 aromatic carbocycles. The SMILES string of the molecule is N#Cc1cc(F)c(N(CCO)CC(F)F)c(F)c1. The molecular weight excluding hydrogens is 252 g/mol. The second kappa shape index (κ2) is 6.21. The maximum absolute atomic E-state index is 13.6. The molecule has 0 aliphatic heterocycles. The summed E-state index contributed by atoms with van der Waals surface area (Å²) in [5, 5.41) is 17.2. The van der Waals surface area contributed by atoms with Gasteiger partial charge in [0, 0.05) is 6.54 Å². The summed E-state index contributed by atoms with van der Waals surface area (Å²) in [6.07, 6.45) is -2.80. The Balaban J connectivity index is 3.15. The third-order valence-electron chi connectivity index (χ3n) is 2.19. The molecule has 98 valence electrons. The lowest BCUT2D eigenvalue weighted by Crippen LogP contribution is -2.33. The number of anilines is 1. The molecule has 18 heavy (non-hydrogen) atoms. The van der Waals surface area contributed by atoms with Gasteiger partial charge >= 0.3 is 0 Å². The fraction of sp³-hybridized carbons (Fsp3) is 0.364. The van der Waals surface area contributed by atoms with Gasteiger partial charge in [-0.1, -0.05) is 0 Å². The van der Waals surface area contributed by atoms with Crippen molar-refractivity contribution in [2.45, 2.75) is 6.43 Å². The Morgan fingerprint density at radius 2 is 1.83 bits per heavy atom. The standard InChI is InChI=1S/C11H10F4N2O/c12-8-3-7(5-16)4-9(13)11(8)17(1-2-18)6-10(14)15/h3-4,10,18H,1-2,6H2. The predicted octanol–water partition coefficient (Wildman–Crippen LogP) is 1.90. The monoisotopic (exact) mass is 262 g/mol. The van der Waals surface area contributed by atoms with Crippen LogP contribution >= 0.6 is 0 Å². The van der Waals surface area contributed by atoms with E-state index >= 15 is 0 Å². The van der Waals surface area contributed by atoms with E-state index < -0.39 is 36.9 Å². The minimum atomic E-state index is -2.80. The third-order valence-corrected chi connectivity index (χ3v) is 2.19. The van der Waals surface area contributed by atoms with Gasteiger partial charge in [-0.15, -0.1) is 0 Å². The number of hydrogen-bond donors (Lipinski definition) is 1. The Morgan fingerprint density at radius 3 is 2.22 bits per heavy atom. The Labute approximate surface area is 101 Å². The first-order chi connectivity index (χ1) is 8.49. The molecule has 0 spiro atoms. The zero-order valence-electron chi connectivity index (χ0n) is 9.21. The van der Waals surface area contributed by atoms with Crippen molar-refractivity contribution in [3.05, 3.63) is 29.3 Å². The molecule has 0 aromatic heterocycles. The number of rotatable bonds is 5. The summed E-state index contributed by atoms with van der Waals surface area (Å²) in [6, 6.07) is 3.07. The zero-order chi connectivity index (χ0) is 13.7. The summed E-state index contributed by atoms with van der Waals surface area (Å²) in [5.74, 6) is -2.22. The molecule has 0 amide bonds. The third kappa shape index (κ3) is 3.34. The molecule has 7 heteroatoms. The lowest BCUT2D eigenvalue weighted by molar-refractivity contribution is 0.152. The predicted molar refractivity (Wildman–Crippen MR) is 56.4 cm³/mol. The molecule has 1 N–H and O–H groups in total. The van der Waals surface area contributed by atoms with Crippen molar-refractivity contribution >= 4 is 5.69 Å². The molecule has 0 radical (unpaired) electrons. The van der Waals surface area contributed by atoms with Gasteiger partial charge < -0.3 is 10.0 Å². The molecule has 0 fully saturated rings. The number of aliphatic hydroxyl groups is 1.